The van der Waals surface area contributed by atoms with E-state index in [1.165, 1.54) is 19.3 Å². The summed E-state index contributed by atoms with van der Waals surface area (Å²) >= 11 is 0. The lowest BCUT2D eigenvalue weighted by Crippen LogP contribution is -2.40. The third-order valence-corrected chi connectivity index (χ3v) is 7.40. The van der Waals surface area contributed by atoms with Crippen molar-refractivity contribution in [1.29, 1.82) is 0 Å². The molecule has 1 saturated heterocycles. The van der Waals surface area contributed by atoms with E-state index in [1.54, 1.807) is 17.0 Å². The minimum absolute atomic E-state index is 0.0466. The first-order chi connectivity index (χ1) is 16.7. The van der Waals surface area contributed by atoms with Gasteiger partial charge in [-0.25, -0.2) is 32.2 Å². The van der Waals surface area contributed by atoms with Crippen LogP contribution in [0.5, 0.6) is 0 Å². The summed E-state index contributed by atoms with van der Waals surface area (Å²) in [4.78, 5) is 22.5. The topological polar surface area (TPSA) is 136 Å². The number of benzene rings is 1. The number of piperidine rings is 1. The molecule has 12 heteroatoms. The zero-order valence-corrected chi connectivity index (χ0v) is 20.2. The van der Waals surface area contributed by atoms with Gasteiger partial charge in [0.25, 0.3) is 0 Å². The average Bonchev–Trinajstić information content (AvgIpc) is 3.23. The molecule has 1 amide bonds. The molecule has 4 rings (SSSR count). The first kappa shape index (κ1) is 24.7. The molecule has 3 N–H and O–H groups in total. The number of carbonyl (C=O) groups is 1. The number of halogens is 1. The molecule has 0 aliphatic carbocycles. The summed E-state index contributed by atoms with van der Waals surface area (Å²) in [6.45, 7) is 5.98. The lowest BCUT2D eigenvalue weighted by Gasteiger charge is -2.32. The highest BCUT2D eigenvalue weighted by molar-refractivity contribution is 7.89. The second-order valence-corrected chi connectivity index (χ2v) is 10.5. The highest BCUT2D eigenvalue weighted by Gasteiger charge is 2.28. The van der Waals surface area contributed by atoms with Crippen LogP contribution in [0.3, 0.4) is 0 Å². The SMILES string of the molecule is C=CC(=O)N1CCC[C@@H](n2nc(-c3ccc(CNS(=O)(=O)CC(C)F)cc3)c3c(N)ncnc32)C1. The molecule has 0 spiro atoms. The first-order valence-electron chi connectivity index (χ1n) is 11.3. The molecule has 2 atom stereocenters. The van der Waals surface area contributed by atoms with Gasteiger partial charge in [-0.15, -0.1) is 0 Å². The second-order valence-electron chi connectivity index (χ2n) is 8.62. The van der Waals surface area contributed by atoms with E-state index in [4.69, 9.17) is 10.8 Å². The standard InChI is InChI=1S/C23H28FN7O3S/c1-3-19(32)30-10-4-5-18(12-30)31-23-20(22(25)26-14-27-23)21(29-31)17-8-6-16(7-9-17)11-28-35(33,34)13-15(2)24/h3,6-9,14-15,18,28H,1,4-5,10-13H2,2H3,(H2,25,26,27)/t15?,18-/m1/s1. The highest BCUT2D eigenvalue weighted by Crippen LogP contribution is 2.33. The van der Waals surface area contributed by atoms with Crippen LogP contribution in [0.2, 0.25) is 0 Å². The number of rotatable bonds is 8. The van der Waals surface area contributed by atoms with E-state index < -0.39 is 21.9 Å². The van der Waals surface area contributed by atoms with Crippen LogP contribution in [-0.4, -0.2) is 64.0 Å². The molecule has 0 bridgehead atoms. The van der Waals surface area contributed by atoms with Crippen LogP contribution >= 0.6 is 0 Å². The summed E-state index contributed by atoms with van der Waals surface area (Å²) in [6, 6.07) is 7.09. The number of anilines is 1. The summed E-state index contributed by atoms with van der Waals surface area (Å²) in [7, 11) is -3.71. The molecule has 3 heterocycles. The van der Waals surface area contributed by atoms with Gasteiger partial charge >= 0.3 is 0 Å². The number of nitrogens with one attached hydrogen (secondary N) is 1. The number of nitrogen functional groups attached to an aromatic ring is 1. The van der Waals surface area contributed by atoms with Crippen molar-refractivity contribution in [3.8, 4) is 11.3 Å². The van der Waals surface area contributed by atoms with Gasteiger partial charge in [-0.3, -0.25) is 4.79 Å². The number of nitrogens with two attached hydrogens (primary N) is 1. The van der Waals surface area contributed by atoms with Gasteiger partial charge in [0.2, 0.25) is 15.9 Å². The van der Waals surface area contributed by atoms with Crippen molar-refractivity contribution in [2.45, 2.75) is 38.5 Å². The quantitative estimate of drug-likeness (QED) is 0.452. The maximum atomic E-state index is 13.1. The van der Waals surface area contributed by atoms with Crippen molar-refractivity contribution in [2.75, 3.05) is 24.6 Å². The van der Waals surface area contributed by atoms with Crippen LogP contribution < -0.4 is 10.5 Å². The fourth-order valence-corrected chi connectivity index (χ4v) is 5.38. The number of hydrogen-bond donors (Lipinski definition) is 2. The average molecular weight is 502 g/mol. The van der Waals surface area contributed by atoms with Crippen LogP contribution in [0.15, 0.2) is 43.2 Å². The fourth-order valence-electron chi connectivity index (χ4n) is 4.27. The Hall–Kier alpha value is -3.38. The smallest absolute Gasteiger partial charge is 0.246 e. The van der Waals surface area contributed by atoms with Gasteiger partial charge in [0.05, 0.1) is 17.2 Å². The van der Waals surface area contributed by atoms with E-state index in [-0.39, 0.29) is 18.5 Å². The molecule has 1 aliphatic heterocycles. The van der Waals surface area contributed by atoms with Crippen LogP contribution in [0, 0.1) is 0 Å². The largest absolute Gasteiger partial charge is 0.383 e. The molecule has 1 aromatic carbocycles. The normalized spacial score (nSPS) is 17.4. The number of nitrogens with zero attached hydrogens (tertiary/aromatic N) is 5. The third kappa shape index (κ3) is 5.49. The number of hydrogen-bond acceptors (Lipinski definition) is 7. The van der Waals surface area contributed by atoms with Crippen LogP contribution in [-0.2, 0) is 21.4 Å². The molecule has 0 saturated carbocycles. The van der Waals surface area contributed by atoms with Gasteiger partial charge in [-0.1, -0.05) is 30.8 Å². The zero-order valence-electron chi connectivity index (χ0n) is 19.4. The van der Waals surface area contributed by atoms with Crippen LogP contribution in [0.4, 0.5) is 10.2 Å². The van der Waals surface area contributed by atoms with Gasteiger partial charge in [0.1, 0.15) is 24.0 Å². The minimum Gasteiger partial charge on any atom is -0.383 e. The van der Waals surface area contributed by atoms with E-state index in [0.717, 1.165) is 18.4 Å². The van der Waals surface area contributed by atoms with E-state index in [1.807, 2.05) is 16.8 Å². The minimum atomic E-state index is -3.71. The molecule has 3 aromatic rings. The maximum absolute atomic E-state index is 13.1. The molecule has 35 heavy (non-hydrogen) atoms. The lowest BCUT2D eigenvalue weighted by molar-refractivity contribution is -0.127. The zero-order chi connectivity index (χ0) is 25.2. The van der Waals surface area contributed by atoms with Crippen molar-refractivity contribution in [3.63, 3.8) is 0 Å². The molecule has 10 nitrogen and oxygen atoms in total. The van der Waals surface area contributed by atoms with Gasteiger partial charge in [0, 0.05) is 25.2 Å². The highest BCUT2D eigenvalue weighted by atomic mass is 32.2. The predicted molar refractivity (Wildman–Crippen MR) is 131 cm³/mol. The Morgan fingerprint density at radius 3 is 2.77 bits per heavy atom. The van der Waals surface area contributed by atoms with Crippen molar-refractivity contribution in [2.24, 2.45) is 0 Å². The van der Waals surface area contributed by atoms with Gasteiger partial charge in [-0.05, 0) is 31.4 Å². The molecule has 0 radical (unpaired) electrons. The Kier molecular flexibility index (Phi) is 7.13. The number of fused-ring (bicyclic) bond motifs is 1. The lowest BCUT2D eigenvalue weighted by atomic mass is 10.1. The molecular formula is C23H28FN7O3S. The maximum Gasteiger partial charge on any atom is 0.246 e. The van der Waals surface area contributed by atoms with Crippen LogP contribution in [0.25, 0.3) is 22.3 Å². The van der Waals surface area contributed by atoms with E-state index in [9.17, 15) is 17.6 Å². The summed E-state index contributed by atoms with van der Waals surface area (Å²) in [6.07, 6.45) is 2.92. The first-order valence-corrected chi connectivity index (χ1v) is 12.9. The number of amides is 1. The molecule has 186 valence electrons. The molecule has 2 aromatic heterocycles. The second kappa shape index (κ2) is 10.1. The Labute approximate surface area is 203 Å². The van der Waals surface area contributed by atoms with Gasteiger partial charge in [-0.2, -0.15) is 5.10 Å². The van der Waals surface area contributed by atoms with E-state index >= 15 is 0 Å². The monoisotopic (exact) mass is 501 g/mol. The number of likely N-dealkylation sites (tertiary alicyclic amines) is 1. The molecule has 1 unspecified atom stereocenters. The Bertz CT molecular complexity index is 1340. The summed E-state index contributed by atoms with van der Waals surface area (Å²) in [5.41, 5.74) is 8.87. The Balaban J connectivity index is 1.63. The van der Waals surface area contributed by atoms with E-state index in [2.05, 4.69) is 21.3 Å². The van der Waals surface area contributed by atoms with Gasteiger partial charge < -0.3 is 10.6 Å². The molecular weight excluding hydrogens is 473 g/mol. The van der Waals surface area contributed by atoms with Crippen molar-refractivity contribution in [3.05, 3.63) is 48.8 Å². The number of carbonyl (C=O) groups excluding carboxylic acids is 1. The Morgan fingerprint density at radius 2 is 2.09 bits per heavy atom. The van der Waals surface area contributed by atoms with Crippen molar-refractivity contribution < 1.29 is 17.6 Å². The summed E-state index contributed by atoms with van der Waals surface area (Å²) in [5.74, 6) is -0.402. The predicted octanol–water partition coefficient (Wildman–Crippen LogP) is 2.20. The number of sulfonamides is 1. The summed E-state index contributed by atoms with van der Waals surface area (Å²) in [5, 5.41) is 5.44. The Morgan fingerprint density at radius 1 is 1.34 bits per heavy atom. The van der Waals surface area contributed by atoms with Crippen molar-refractivity contribution >= 4 is 32.8 Å². The van der Waals surface area contributed by atoms with Crippen LogP contribution in [0.1, 0.15) is 31.4 Å². The molecule has 1 fully saturated rings. The number of alkyl halides is 1. The van der Waals surface area contributed by atoms with E-state index in [0.29, 0.717) is 41.2 Å². The van der Waals surface area contributed by atoms with Crippen molar-refractivity contribution in [1.82, 2.24) is 29.4 Å². The molecule has 1 aliphatic rings. The number of aromatic nitrogens is 4. The van der Waals surface area contributed by atoms with Gasteiger partial charge in [0.15, 0.2) is 5.65 Å². The fraction of sp³-hybridized carbons (Fsp3) is 0.391. The summed E-state index contributed by atoms with van der Waals surface area (Å²) < 4.78 is 41.1. The third-order valence-electron chi connectivity index (χ3n) is 5.92.